The van der Waals surface area contributed by atoms with E-state index >= 15 is 0 Å². The number of methoxy groups -OCH3 is 1. The van der Waals surface area contributed by atoms with Crippen molar-refractivity contribution in [3.05, 3.63) is 54.2 Å². The molecular formula is C21H23NO6S. The van der Waals surface area contributed by atoms with Crippen LogP contribution in [0, 0.1) is 0 Å². The molecule has 3 aromatic rings. The lowest BCUT2D eigenvalue weighted by Gasteiger charge is -2.11. The number of carboxylic acids is 1. The molecule has 0 saturated heterocycles. The summed E-state index contributed by atoms with van der Waals surface area (Å²) in [7, 11) is -2.39. The van der Waals surface area contributed by atoms with Crippen molar-refractivity contribution < 1.29 is 27.8 Å². The molecule has 0 atom stereocenters. The van der Waals surface area contributed by atoms with Crippen LogP contribution in [0.25, 0.3) is 10.9 Å². The van der Waals surface area contributed by atoms with Gasteiger partial charge in [0.05, 0.1) is 23.6 Å². The average molecular weight is 417 g/mol. The second kappa shape index (κ2) is 8.16. The topological polar surface area (TPSA) is 94.8 Å². The number of hydrogen-bond donors (Lipinski definition) is 1. The van der Waals surface area contributed by atoms with E-state index in [1.165, 1.54) is 29.4 Å². The zero-order valence-electron chi connectivity index (χ0n) is 16.5. The van der Waals surface area contributed by atoms with E-state index in [-0.39, 0.29) is 23.8 Å². The Bertz CT molecular complexity index is 1130. The van der Waals surface area contributed by atoms with Crippen molar-refractivity contribution >= 4 is 26.9 Å². The van der Waals surface area contributed by atoms with Crippen LogP contribution in [0.4, 0.5) is 0 Å². The van der Waals surface area contributed by atoms with Gasteiger partial charge in [-0.2, -0.15) is 0 Å². The van der Waals surface area contributed by atoms with Crippen molar-refractivity contribution in [2.45, 2.75) is 37.7 Å². The number of carbonyl (C=O) groups is 1. The third-order valence-electron chi connectivity index (χ3n) is 4.42. The van der Waals surface area contributed by atoms with Gasteiger partial charge in [0.1, 0.15) is 11.5 Å². The molecule has 0 fully saturated rings. The highest BCUT2D eigenvalue weighted by molar-refractivity contribution is 7.90. The minimum absolute atomic E-state index is 0.0689. The predicted molar refractivity (Wildman–Crippen MR) is 109 cm³/mol. The van der Waals surface area contributed by atoms with E-state index in [1.807, 2.05) is 13.8 Å². The maximum Gasteiger partial charge on any atom is 0.303 e. The van der Waals surface area contributed by atoms with Crippen molar-refractivity contribution in [3.63, 3.8) is 0 Å². The Morgan fingerprint density at radius 1 is 1.10 bits per heavy atom. The van der Waals surface area contributed by atoms with Gasteiger partial charge in [-0.05, 0) is 62.2 Å². The molecule has 0 aliphatic heterocycles. The summed E-state index contributed by atoms with van der Waals surface area (Å²) in [6.45, 7) is 3.77. The van der Waals surface area contributed by atoms with Gasteiger partial charge in [0.2, 0.25) is 0 Å². The van der Waals surface area contributed by atoms with Gasteiger partial charge in [0, 0.05) is 24.1 Å². The highest BCUT2D eigenvalue weighted by atomic mass is 32.2. The van der Waals surface area contributed by atoms with Crippen LogP contribution in [0.5, 0.6) is 11.5 Å². The number of rotatable bonds is 8. The normalized spacial score (nSPS) is 11.7. The van der Waals surface area contributed by atoms with Crippen molar-refractivity contribution in [3.8, 4) is 11.5 Å². The fourth-order valence-electron chi connectivity index (χ4n) is 3.09. The molecule has 8 heteroatoms. The number of nitrogens with zero attached hydrogens (tertiary/aromatic N) is 1. The summed E-state index contributed by atoms with van der Waals surface area (Å²) >= 11 is 0. The van der Waals surface area contributed by atoms with Crippen molar-refractivity contribution in [1.82, 2.24) is 3.97 Å². The Labute approximate surface area is 169 Å². The molecule has 29 heavy (non-hydrogen) atoms. The molecular weight excluding hydrogens is 394 g/mol. The molecule has 0 aliphatic carbocycles. The van der Waals surface area contributed by atoms with Gasteiger partial charge in [-0.1, -0.05) is 0 Å². The van der Waals surface area contributed by atoms with Gasteiger partial charge in [-0.15, -0.1) is 0 Å². The Balaban J connectivity index is 2.16. The maximum absolute atomic E-state index is 13.3. The molecule has 0 saturated carbocycles. The molecule has 1 aromatic heterocycles. The molecule has 2 aromatic carbocycles. The number of aryl methyl sites for hydroxylation is 1. The Kier molecular flexibility index (Phi) is 5.83. The van der Waals surface area contributed by atoms with Gasteiger partial charge in [0.15, 0.2) is 0 Å². The number of benzene rings is 2. The number of fused-ring (bicyclic) bond motifs is 1. The SMILES string of the molecule is COc1ccc(S(=O)(=O)n2cc(CCC(=O)O)c3ccc(OC(C)C)cc32)cc1. The number of aromatic nitrogens is 1. The third kappa shape index (κ3) is 4.37. The van der Waals surface area contributed by atoms with Crippen molar-refractivity contribution in [2.24, 2.45) is 0 Å². The van der Waals surface area contributed by atoms with Crippen LogP contribution >= 0.6 is 0 Å². The lowest BCUT2D eigenvalue weighted by molar-refractivity contribution is -0.136. The van der Waals surface area contributed by atoms with E-state index in [2.05, 4.69) is 0 Å². The highest BCUT2D eigenvalue weighted by Crippen LogP contribution is 2.31. The average Bonchev–Trinajstić information content (AvgIpc) is 3.04. The van der Waals surface area contributed by atoms with Gasteiger partial charge in [0.25, 0.3) is 10.0 Å². The van der Waals surface area contributed by atoms with Crippen molar-refractivity contribution in [2.75, 3.05) is 7.11 Å². The van der Waals surface area contributed by atoms with Crippen molar-refractivity contribution in [1.29, 1.82) is 0 Å². The fourth-order valence-corrected chi connectivity index (χ4v) is 4.48. The molecule has 0 amide bonds. The first-order valence-corrected chi connectivity index (χ1v) is 10.6. The Morgan fingerprint density at radius 3 is 2.34 bits per heavy atom. The summed E-state index contributed by atoms with van der Waals surface area (Å²) in [6.07, 6.45) is 1.56. The van der Waals surface area contributed by atoms with E-state index < -0.39 is 16.0 Å². The molecule has 1 heterocycles. The zero-order chi connectivity index (χ0) is 21.2. The maximum atomic E-state index is 13.3. The van der Waals surface area contributed by atoms with E-state index in [0.717, 1.165) is 0 Å². The molecule has 0 unspecified atom stereocenters. The first-order chi connectivity index (χ1) is 13.7. The standard InChI is InChI=1S/C21H23NO6S/c1-14(2)28-17-7-10-19-15(4-11-21(23)24)13-22(20(19)12-17)29(25,26)18-8-5-16(27-3)6-9-18/h5-10,12-14H,4,11H2,1-3H3,(H,23,24). The van der Waals surface area contributed by atoms with Crippen LogP contribution in [0.1, 0.15) is 25.8 Å². The van der Waals surface area contributed by atoms with E-state index in [4.69, 9.17) is 14.6 Å². The molecule has 0 spiro atoms. The Hall–Kier alpha value is -3.00. The summed E-state index contributed by atoms with van der Waals surface area (Å²) in [5.41, 5.74) is 1.09. The highest BCUT2D eigenvalue weighted by Gasteiger charge is 2.22. The van der Waals surface area contributed by atoms with Crippen LogP contribution in [-0.4, -0.2) is 36.7 Å². The van der Waals surface area contributed by atoms with E-state index in [1.54, 1.807) is 30.3 Å². The predicted octanol–water partition coefficient (Wildman–Crippen LogP) is 3.69. The summed E-state index contributed by atoms with van der Waals surface area (Å²) in [5, 5.41) is 9.71. The quantitative estimate of drug-likeness (QED) is 0.601. The van der Waals surface area contributed by atoms with Gasteiger partial charge in [-0.3, -0.25) is 4.79 Å². The smallest absolute Gasteiger partial charge is 0.303 e. The third-order valence-corrected chi connectivity index (χ3v) is 6.11. The van der Waals surface area contributed by atoms with Crippen LogP contribution < -0.4 is 9.47 Å². The molecule has 7 nitrogen and oxygen atoms in total. The number of aliphatic carboxylic acids is 1. The first kappa shape index (κ1) is 20.7. The largest absolute Gasteiger partial charge is 0.497 e. The second-order valence-corrected chi connectivity index (χ2v) is 8.68. The monoisotopic (exact) mass is 417 g/mol. The summed E-state index contributed by atoms with van der Waals surface area (Å²) in [4.78, 5) is 11.1. The molecule has 0 bridgehead atoms. The number of ether oxygens (including phenoxy) is 2. The van der Waals surface area contributed by atoms with Crippen LogP contribution in [0.2, 0.25) is 0 Å². The molecule has 1 N–H and O–H groups in total. The van der Waals surface area contributed by atoms with Crippen LogP contribution in [0.3, 0.4) is 0 Å². The minimum Gasteiger partial charge on any atom is -0.497 e. The Morgan fingerprint density at radius 2 is 1.76 bits per heavy atom. The molecule has 3 rings (SSSR count). The number of carboxylic acid groups (broad SMARTS) is 1. The zero-order valence-corrected chi connectivity index (χ0v) is 17.3. The van der Waals surface area contributed by atoms with Crippen LogP contribution in [-0.2, 0) is 21.2 Å². The van der Waals surface area contributed by atoms with E-state index in [9.17, 15) is 13.2 Å². The van der Waals surface area contributed by atoms with E-state index in [0.29, 0.717) is 28.0 Å². The fraction of sp³-hybridized carbons (Fsp3) is 0.286. The lowest BCUT2D eigenvalue weighted by atomic mass is 10.1. The van der Waals surface area contributed by atoms with Gasteiger partial charge in [-0.25, -0.2) is 12.4 Å². The molecule has 0 aliphatic rings. The summed E-state index contributed by atoms with van der Waals surface area (Å²) < 4.78 is 38.6. The molecule has 0 radical (unpaired) electrons. The summed E-state index contributed by atoms with van der Waals surface area (Å²) in [6, 6.07) is 11.3. The first-order valence-electron chi connectivity index (χ1n) is 9.14. The second-order valence-electron chi connectivity index (χ2n) is 6.87. The summed E-state index contributed by atoms with van der Waals surface area (Å²) in [5.74, 6) is 0.154. The molecule has 154 valence electrons. The van der Waals surface area contributed by atoms with Gasteiger partial charge < -0.3 is 14.6 Å². The minimum atomic E-state index is -3.90. The van der Waals surface area contributed by atoms with Crippen LogP contribution in [0.15, 0.2) is 53.6 Å². The van der Waals surface area contributed by atoms with Gasteiger partial charge >= 0.3 is 5.97 Å². The number of hydrogen-bond acceptors (Lipinski definition) is 5. The lowest BCUT2D eigenvalue weighted by Crippen LogP contribution is -2.12.